The average Bonchev–Trinajstić information content (AvgIpc) is 3.12. The first-order valence-corrected chi connectivity index (χ1v) is 9.58. The number of hydrogen-bond acceptors (Lipinski definition) is 4. The van der Waals surface area contributed by atoms with Gasteiger partial charge in [0.1, 0.15) is 5.75 Å². The van der Waals surface area contributed by atoms with Crippen LogP contribution in [-0.4, -0.2) is 25.9 Å². The predicted octanol–water partition coefficient (Wildman–Crippen LogP) is 4.45. The fourth-order valence-electron chi connectivity index (χ4n) is 4.36. The molecule has 0 spiro atoms. The van der Waals surface area contributed by atoms with Crippen LogP contribution in [0.4, 0.5) is 16.2 Å². The highest BCUT2D eigenvalue weighted by atomic mass is 16.6. The third-order valence-corrected chi connectivity index (χ3v) is 5.97. The van der Waals surface area contributed by atoms with Crippen LogP contribution in [-0.2, 0) is 5.41 Å². The Morgan fingerprint density at radius 1 is 1.26 bits per heavy atom. The van der Waals surface area contributed by atoms with Crippen molar-refractivity contribution in [1.29, 1.82) is 0 Å². The van der Waals surface area contributed by atoms with Gasteiger partial charge in [-0.15, -0.1) is 0 Å². The molecule has 2 heterocycles. The van der Waals surface area contributed by atoms with Crippen molar-refractivity contribution in [3.05, 3.63) is 53.6 Å². The van der Waals surface area contributed by atoms with Gasteiger partial charge in [0.25, 0.3) is 0 Å². The highest BCUT2D eigenvalue weighted by molar-refractivity contribution is 5.86. The number of likely N-dealkylation sites (N-methyl/N-ethyl adjacent to an activating group) is 1. The molecule has 2 aromatic rings. The van der Waals surface area contributed by atoms with Crippen LogP contribution in [0, 0.1) is 0 Å². The van der Waals surface area contributed by atoms with Crippen LogP contribution >= 0.6 is 0 Å². The van der Waals surface area contributed by atoms with Gasteiger partial charge in [0, 0.05) is 23.8 Å². The second kappa shape index (κ2) is 6.57. The van der Waals surface area contributed by atoms with Crippen molar-refractivity contribution >= 4 is 17.5 Å². The summed E-state index contributed by atoms with van der Waals surface area (Å²) in [7, 11) is 2.11. The zero-order chi connectivity index (χ0) is 19.2. The second-order valence-electron chi connectivity index (χ2n) is 8.11. The lowest BCUT2D eigenvalue weighted by Gasteiger charge is -2.27. The molecule has 0 aliphatic carbocycles. The molecule has 2 aliphatic heterocycles. The fourth-order valence-corrected chi connectivity index (χ4v) is 4.36. The van der Waals surface area contributed by atoms with Gasteiger partial charge in [0.05, 0.1) is 6.17 Å². The van der Waals surface area contributed by atoms with Crippen LogP contribution in [0.3, 0.4) is 0 Å². The maximum absolute atomic E-state index is 12.3. The summed E-state index contributed by atoms with van der Waals surface area (Å²) in [6.45, 7) is 7.57. The van der Waals surface area contributed by atoms with Gasteiger partial charge < -0.3 is 9.64 Å². The lowest BCUT2D eigenvalue weighted by molar-refractivity contribution is 0.215. The van der Waals surface area contributed by atoms with E-state index in [1.165, 1.54) is 16.8 Å². The maximum Gasteiger partial charge on any atom is 0.417 e. The minimum Gasteiger partial charge on any atom is -0.410 e. The highest BCUT2D eigenvalue weighted by Crippen LogP contribution is 2.49. The fraction of sp³-hybridized carbons (Fsp3) is 0.409. The zero-order valence-corrected chi connectivity index (χ0v) is 16.4. The van der Waals surface area contributed by atoms with Crippen molar-refractivity contribution in [2.75, 3.05) is 23.8 Å². The summed E-state index contributed by atoms with van der Waals surface area (Å²) >= 11 is 0. The number of nitrogens with zero attached hydrogens (tertiary/aromatic N) is 1. The monoisotopic (exact) mass is 365 g/mol. The van der Waals surface area contributed by atoms with Gasteiger partial charge in [-0.3, -0.25) is 10.6 Å². The van der Waals surface area contributed by atoms with E-state index in [0.717, 1.165) is 18.7 Å². The summed E-state index contributed by atoms with van der Waals surface area (Å²) in [5.74, 6) is 1.04. The Kier molecular flexibility index (Phi) is 4.35. The average molecular weight is 365 g/mol. The molecule has 1 amide bonds. The molecule has 2 aliphatic rings. The number of hydrogen-bond donors (Lipinski definition) is 2. The normalized spacial score (nSPS) is 23.3. The lowest BCUT2D eigenvalue weighted by atomic mass is 9.81. The van der Waals surface area contributed by atoms with Gasteiger partial charge >= 0.3 is 6.09 Å². The summed E-state index contributed by atoms with van der Waals surface area (Å²) in [6.07, 6.45) is 0.910. The molecule has 2 aromatic carbocycles. The maximum atomic E-state index is 12.3. The van der Waals surface area contributed by atoms with E-state index in [1.807, 2.05) is 42.5 Å². The Morgan fingerprint density at radius 2 is 2.00 bits per heavy atom. The molecule has 0 aromatic heterocycles. The van der Waals surface area contributed by atoms with E-state index in [4.69, 9.17) is 4.74 Å². The van der Waals surface area contributed by atoms with Gasteiger partial charge in [-0.2, -0.15) is 0 Å². The topological polar surface area (TPSA) is 53.6 Å². The molecule has 0 bridgehead atoms. The zero-order valence-electron chi connectivity index (χ0n) is 16.4. The largest absolute Gasteiger partial charge is 0.417 e. The van der Waals surface area contributed by atoms with E-state index < -0.39 is 6.09 Å². The van der Waals surface area contributed by atoms with E-state index in [2.05, 4.69) is 43.4 Å². The Balaban J connectivity index is 1.48. The quantitative estimate of drug-likeness (QED) is 0.844. The SMILES string of the molecule is CC(C)c1ccc(NC(=O)Oc2ccc3c(c2)[C@]2(C)CCNC2N3C)cc1. The lowest BCUT2D eigenvalue weighted by Crippen LogP contribution is -2.44. The molecule has 27 heavy (non-hydrogen) atoms. The molecule has 2 atom stereocenters. The predicted molar refractivity (Wildman–Crippen MR) is 109 cm³/mol. The molecule has 5 nitrogen and oxygen atoms in total. The Bertz CT molecular complexity index is 862. The van der Waals surface area contributed by atoms with Crippen molar-refractivity contribution in [2.45, 2.75) is 44.7 Å². The van der Waals surface area contributed by atoms with Crippen molar-refractivity contribution in [3.63, 3.8) is 0 Å². The first kappa shape index (κ1) is 17.9. The van der Waals surface area contributed by atoms with Gasteiger partial charge in [-0.05, 0) is 60.3 Å². The van der Waals surface area contributed by atoms with E-state index in [9.17, 15) is 4.79 Å². The summed E-state index contributed by atoms with van der Waals surface area (Å²) in [5, 5.41) is 6.37. The van der Waals surface area contributed by atoms with E-state index >= 15 is 0 Å². The first-order valence-electron chi connectivity index (χ1n) is 9.58. The van der Waals surface area contributed by atoms with Crippen LogP contribution in [0.1, 0.15) is 44.2 Å². The minimum atomic E-state index is -0.468. The number of benzene rings is 2. The Hall–Kier alpha value is -2.53. The Morgan fingerprint density at radius 3 is 2.70 bits per heavy atom. The van der Waals surface area contributed by atoms with Crippen molar-refractivity contribution in [1.82, 2.24) is 5.32 Å². The van der Waals surface area contributed by atoms with Crippen LogP contribution in [0.15, 0.2) is 42.5 Å². The minimum absolute atomic E-state index is 0.0482. The molecule has 1 fully saturated rings. The molecule has 5 heteroatoms. The number of carbonyl (C=O) groups excluding carboxylic acids is 1. The second-order valence-corrected chi connectivity index (χ2v) is 8.11. The molecule has 1 saturated heterocycles. The number of anilines is 2. The standard InChI is InChI=1S/C22H27N3O2/c1-14(2)15-5-7-16(8-6-15)24-21(26)27-17-9-10-19-18(13-17)22(3)11-12-23-20(22)25(19)4/h5-10,13-14,20,23H,11-12H2,1-4H3,(H,24,26)/t20?,22-/m0/s1. The van der Waals surface area contributed by atoms with Crippen molar-refractivity contribution in [3.8, 4) is 5.75 Å². The smallest absolute Gasteiger partial charge is 0.410 e. The summed E-state index contributed by atoms with van der Waals surface area (Å²) < 4.78 is 5.56. The van der Waals surface area contributed by atoms with Gasteiger partial charge in [0.15, 0.2) is 0 Å². The molecule has 0 radical (unpaired) electrons. The molecule has 2 N–H and O–H groups in total. The number of nitrogens with one attached hydrogen (secondary N) is 2. The molecule has 142 valence electrons. The van der Waals surface area contributed by atoms with Crippen molar-refractivity contribution in [2.24, 2.45) is 0 Å². The van der Waals surface area contributed by atoms with E-state index in [-0.39, 0.29) is 5.41 Å². The third-order valence-electron chi connectivity index (χ3n) is 5.97. The van der Waals surface area contributed by atoms with Crippen LogP contribution < -0.4 is 20.3 Å². The third kappa shape index (κ3) is 3.06. The Labute approximate surface area is 160 Å². The van der Waals surface area contributed by atoms with Crippen LogP contribution in [0.2, 0.25) is 0 Å². The van der Waals surface area contributed by atoms with Gasteiger partial charge in [0.2, 0.25) is 0 Å². The molecule has 4 rings (SSSR count). The van der Waals surface area contributed by atoms with E-state index in [1.54, 1.807) is 0 Å². The number of fused-ring (bicyclic) bond motifs is 3. The molecule has 1 unspecified atom stereocenters. The number of ether oxygens (including phenoxy) is 1. The number of rotatable bonds is 3. The van der Waals surface area contributed by atoms with Crippen molar-refractivity contribution < 1.29 is 9.53 Å². The van der Waals surface area contributed by atoms with Gasteiger partial charge in [-0.25, -0.2) is 4.79 Å². The first-order chi connectivity index (χ1) is 12.9. The van der Waals surface area contributed by atoms with Crippen LogP contribution in [0.25, 0.3) is 0 Å². The number of carbonyl (C=O) groups is 1. The van der Waals surface area contributed by atoms with Crippen LogP contribution in [0.5, 0.6) is 5.75 Å². The summed E-state index contributed by atoms with van der Waals surface area (Å²) in [5.41, 5.74) is 4.47. The summed E-state index contributed by atoms with van der Waals surface area (Å²) in [4.78, 5) is 14.6. The number of amides is 1. The van der Waals surface area contributed by atoms with Gasteiger partial charge in [-0.1, -0.05) is 32.9 Å². The van der Waals surface area contributed by atoms with E-state index in [0.29, 0.717) is 17.8 Å². The summed E-state index contributed by atoms with van der Waals surface area (Å²) in [6, 6.07) is 13.8. The molecule has 0 saturated carbocycles. The molecular formula is C22H27N3O2. The highest BCUT2D eigenvalue weighted by Gasteiger charge is 2.49. The molecular weight excluding hydrogens is 338 g/mol.